The van der Waals surface area contributed by atoms with E-state index in [2.05, 4.69) is 31.6 Å². The first-order chi connectivity index (χ1) is 11.5. The Morgan fingerprint density at radius 3 is 2.79 bits per heavy atom. The first-order valence-corrected chi connectivity index (χ1v) is 8.07. The third-order valence-corrected chi connectivity index (χ3v) is 4.01. The first kappa shape index (κ1) is 16.3. The van der Waals surface area contributed by atoms with Gasteiger partial charge in [0.05, 0.1) is 17.9 Å². The van der Waals surface area contributed by atoms with Crippen LogP contribution in [-0.2, 0) is 0 Å². The maximum Gasteiger partial charge on any atom is 0.273 e. The number of benzene rings is 2. The lowest BCUT2D eigenvalue weighted by molar-refractivity contribution is 0.0934. The molecule has 0 fully saturated rings. The topological polar surface area (TPSA) is 59.8 Å². The van der Waals surface area contributed by atoms with Crippen LogP contribution in [0.3, 0.4) is 0 Å². The standard InChI is InChI=1S/C17H14BrFN4O/c1-11(14-7-2-3-8-15(14)19)20-17(24)16-10-23(22-21-16)13-6-4-5-12(18)9-13/h2-11H,1H3,(H,20,24). The Bertz CT molecular complexity index is 880. The molecular weight excluding hydrogens is 375 g/mol. The van der Waals surface area contributed by atoms with E-state index in [9.17, 15) is 9.18 Å². The van der Waals surface area contributed by atoms with Crippen molar-refractivity contribution in [1.82, 2.24) is 20.3 Å². The summed E-state index contributed by atoms with van der Waals surface area (Å²) in [5.74, 6) is -0.768. The Labute approximate surface area is 146 Å². The van der Waals surface area contributed by atoms with Crippen molar-refractivity contribution < 1.29 is 9.18 Å². The largest absolute Gasteiger partial charge is 0.344 e. The normalized spacial score (nSPS) is 12.0. The van der Waals surface area contributed by atoms with E-state index in [-0.39, 0.29) is 11.5 Å². The predicted molar refractivity (Wildman–Crippen MR) is 91.3 cm³/mol. The zero-order valence-corrected chi connectivity index (χ0v) is 14.4. The number of carbonyl (C=O) groups excluding carboxylic acids is 1. The van der Waals surface area contributed by atoms with Gasteiger partial charge >= 0.3 is 0 Å². The number of rotatable bonds is 4. The Balaban J connectivity index is 1.76. The van der Waals surface area contributed by atoms with Crippen LogP contribution < -0.4 is 5.32 Å². The molecule has 1 aromatic heterocycles. The average molecular weight is 389 g/mol. The van der Waals surface area contributed by atoms with Gasteiger partial charge in [0, 0.05) is 10.0 Å². The summed E-state index contributed by atoms with van der Waals surface area (Å²) in [6.07, 6.45) is 1.53. The highest BCUT2D eigenvalue weighted by Crippen LogP contribution is 2.17. The van der Waals surface area contributed by atoms with Crippen LogP contribution in [0.15, 0.2) is 59.2 Å². The van der Waals surface area contributed by atoms with Crippen LogP contribution in [0.4, 0.5) is 4.39 Å². The first-order valence-electron chi connectivity index (χ1n) is 7.28. The van der Waals surface area contributed by atoms with Gasteiger partial charge < -0.3 is 5.32 Å². The summed E-state index contributed by atoms with van der Waals surface area (Å²) in [4.78, 5) is 12.3. The molecule has 3 aromatic rings. The Kier molecular flexibility index (Phi) is 4.71. The SMILES string of the molecule is CC(NC(=O)c1cn(-c2cccc(Br)c2)nn1)c1ccccc1F. The smallest absolute Gasteiger partial charge is 0.273 e. The molecule has 1 heterocycles. The number of hydrogen-bond donors (Lipinski definition) is 1. The lowest BCUT2D eigenvalue weighted by Gasteiger charge is -2.13. The minimum Gasteiger partial charge on any atom is -0.344 e. The Hall–Kier alpha value is -2.54. The molecule has 1 amide bonds. The van der Waals surface area contributed by atoms with Gasteiger partial charge in [-0.1, -0.05) is 45.4 Å². The molecule has 122 valence electrons. The van der Waals surface area contributed by atoms with Gasteiger partial charge in [-0.05, 0) is 31.2 Å². The van der Waals surface area contributed by atoms with Crippen LogP contribution in [0.1, 0.15) is 29.0 Å². The Morgan fingerprint density at radius 2 is 2.04 bits per heavy atom. The highest BCUT2D eigenvalue weighted by molar-refractivity contribution is 9.10. The van der Waals surface area contributed by atoms with Crippen LogP contribution in [0.5, 0.6) is 0 Å². The molecule has 1 unspecified atom stereocenters. The second kappa shape index (κ2) is 6.92. The number of halogens is 2. The van der Waals surface area contributed by atoms with Crippen molar-refractivity contribution in [2.75, 3.05) is 0 Å². The molecule has 0 radical (unpaired) electrons. The Morgan fingerprint density at radius 1 is 1.25 bits per heavy atom. The third kappa shape index (κ3) is 3.51. The molecule has 1 atom stereocenters. The molecule has 0 aliphatic carbocycles. The molecular formula is C17H14BrFN4O. The zero-order chi connectivity index (χ0) is 17.1. The molecule has 0 aliphatic rings. The van der Waals surface area contributed by atoms with E-state index >= 15 is 0 Å². The monoisotopic (exact) mass is 388 g/mol. The molecule has 0 saturated heterocycles. The summed E-state index contributed by atoms with van der Waals surface area (Å²) in [6, 6.07) is 13.3. The number of hydrogen-bond acceptors (Lipinski definition) is 3. The van der Waals surface area contributed by atoms with E-state index < -0.39 is 11.9 Å². The van der Waals surface area contributed by atoms with E-state index in [1.165, 1.54) is 16.9 Å². The van der Waals surface area contributed by atoms with Gasteiger partial charge in [-0.2, -0.15) is 0 Å². The van der Waals surface area contributed by atoms with Crippen LogP contribution in [0, 0.1) is 5.82 Å². The van der Waals surface area contributed by atoms with Gasteiger partial charge in [0.1, 0.15) is 5.82 Å². The number of nitrogens with one attached hydrogen (secondary N) is 1. The number of carbonyl (C=O) groups is 1. The van der Waals surface area contributed by atoms with Gasteiger partial charge in [-0.3, -0.25) is 4.79 Å². The molecule has 1 N–H and O–H groups in total. The summed E-state index contributed by atoms with van der Waals surface area (Å²) in [7, 11) is 0. The summed E-state index contributed by atoms with van der Waals surface area (Å²) in [6.45, 7) is 1.72. The molecule has 7 heteroatoms. The van der Waals surface area contributed by atoms with Gasteiger partial charge in [0.25, 0.3) is 5.91 Å². The van der Waals surface area contributed by atoms with Crippen molar-refractivity contribution in [3.05, 3.63) is 76.3 Å². The van der Waals surface area contributed by atoms with Crippen molar-refractivity contribution in [2.45, 2.75) is 13.0 Å². The zero-order valence-electron chi connectivity index (χ0n) is 12.8. The van der Waals surface area contributed by atoms with Crippen LogP contribution in [0.25, 0.3) is 5.69 Å². The molecule has 24 heavy (non-hydrogen) atoms. The molecule has 0 saturated carbocycles. The summed E-state index contributed by atoms with van der Waals surface area (Å²) < 4.78 is 16.2. The molecule has 3 rings (SSSR count). The maximum atomic E-state index is 13.8. The minimum atomic E-state index is -0.477. The van der Waals surface area contributed by atoms with Gasteiger partial charge in [0.15, 0.2) is 5.69 Å². The minimum absolute atomic E-state index is 0.165. The number of aromatic nitrogens is 3. The average Bonchev–Trinajstić information content (AvgIpc) is 3.05. The molecule has 2 aromatic carbocycles. The molecule has 0 aliphatic heterocycles. The fourth-order valence-corrected chi connectivity index (χ4v) is 2.67. The van der Waals surface area contributed by atoms with Crippen molar-refractivity contribution in [1.29, 1.82) is 0 Å². The quantitative estimate of drug-likeness (QED) is 0.741. The second-order valence-electron chi connectivity index (χ2n) is 5.24. The molecule has 0 spiro atoms. The lowest BCUT2D eigenvalue weighted by Crippen LogP contribution is -2.27. The molecule has 0 bridgehead atoms. The fraction of sp³-hybridized carbons (Fsp3) is 0.118. The highest BCUT2D eigenvalue weighted by Gasteiger charge is 2.17. The van der Waals surface area contributed by atoms with Crippen molar-refractivity contribution >= 4 is 21.8 Å². The molecule has 5 nitrogen and oxygen atoms in total. The number of amides is 1. The number of nitrogens with zero attached hydrogens (tertiary/aromatic N) is 3. The van der Waals surface area contributed by atoms with E-state index in [1.807, 2.05) is 24.3 Å². The van der Waals surface area contributed by atoms with Crippen LogP contribution in [-0.4, -0.2) is 20.9 Å². The van der Waals surface area contributed by atoms with Crippen LogP contribution in [0.2, 0.25) is 0 Å². The summed E-state index contributed by atoms with van der Waals surface area (Å²) >= 11 is 3.38. The van der Waals surface area contributed by atoms with Crippen molar-refractivity contribution in [2.24, 2.45) is 0 Å². The third-order valence-electron chi connectivity index (χ3n) is 3.52. The highest BCUT2D eigenvalue weighted by atomic mass is 79.9. The lowest BCUT2D eigenvalue weighted by atomic mass is 10.1. The van der Waals surface area contributed by atoms with E-state index in [0.717, 1.165) is 10.2 Å². The van der Waals surface area contributed by atoms with Gasteiger partial charge in [0.2, 0.25) is 0 Å². The van der Waals surface area contributed by atoms with E-state index in [0.29, 0.717) is 5.56 Å². The van der Waals surface area contributed by atoms with Crippen molar-refractivity contribution in [3.8, 4) is 5.69 Å². The second-order valence-corrected chi connectivity index (χ2v) is 6.16. The summed E-state index contributed by atoms with van der Waals surface area (Å²) in [5.41, 5.74) is 1.36. The summed E-state index contributed by atoms with van der Waals surface area (Å²) in [5, 5.41) is 10.6. The predicted octanol–water partition coefficient (Wildman–Crippen LogP) is 3.66. The van der Waals surface area contributed by atoms with E-state index in [4.69, 9.17) is 0 Å². The van der Waals surface area contributed by atoms with Crippen molar-refractivity contribution in [3.63, 3.8) is 0 Å². The fourth-order valence-electron chi connectivity index (χ4n) is 2.29. The maximum absolute atomic E-state index is 13.8. The van der Waals surface area contributed by atoms with Gasteiger partial charge in [-0.15, -0.1) is 5.10 Å². The van der Waals surface area contributed by atoms with E-state index in [1.54, 1.807) is 25.1 Å². The van der Waals surface area contributed by atoms with Crippen LogP contribution >= 0.6 is 15.9 Å². The van der Waals surface area contributed by atoms with Gasteiger partial charge in [-0.25, -0.2) is 9.07 Å².